The van der Waals surface area contributed by atoms with Crippen molar-refractivity contribution >= 4 is 11.7 Å². The third-order valence-corrected chi connectivity index (χ3v) is 3.31. The van der Waals surface area contributed by atoms with Crippen LogP contribution < -0.4 is 5.32 Å². The lowest BCUT2D eigenvalue weighted by atomic mass is 10.1. The Labute approximate surface area is 129 Å². The summed E-state index contributed by atoms with van der Waals surface area (Å²) in [6, 6.07) is 7.49. The van der Waals surface area contributed by atoms with E-state index in [1.54, 1.807) is 24.8 Å². The predicted molar refractivity (Wildman–Crippen MR) is 82.9 cm³/mol. The highest BCUT2D eigenvalue weighted by molar-refractivity contribution is 5.85. The van der Waals surface area contributed by atoms with Crippen LogP contribution in [-0.2, 0) is 22.6 Å². The van der Waals surface area contributed by atoms with Gasteiger partial charge < -0.3 is 5.32 Å². The molecule has 0 unspecified atom stereocenters. The number of carbonyl (C=O) groups excluding carboxylic acids is 2. The lowest BCUT2D eigenvalue weighted by Crippen LogP contribution is -2.23. The highest BCUT2D eigenvalue weighted by Crippen LogP contribution is 2.04. The van der Waals surface area contributed by atoms with Crippen molar-refractivity contribution in [2.45, 2.75) is 32.2 Å². The second kappa shape index (κ2) is 8.67. The van der Waals surface area contributed by atoms with Gasteiger partial charge in [0, 0.05) is 50.6 Å². The van der Waals surface area contributed by atoms with Crippen molar-refractivity contribution in [2.24, 2.45) is 0 Å². The standard InChI is InChI=1S/C17H19N3O2/c21-16(2-1-14-5-9-18-10-6-14)3-4-17(22)20-13-15-7-11-19-12-8-15/h5-12H,1-4,13H2,(H,20,22). The molecule has 0 aromatic carbocycles. The molecule has 1 N–H and O–H groups in total. The minimum absolute atomic E-state index is 0.103. The number of ketones is 1. The first-order chi connectivity index (χ1) is 10.7. The molecule has 2 aromatic rings. The molecule has 2 rings (SSSR count). The zero-order valence-corrected chi connectivity index (χ0v) is 12.4. The van der Waals surface area contributed by atoms with Crippen molar-refractivity contribution in [2.75, 3.05) is 0 Å². The Hall–Kier alpha value is -2.56. The van der Waals surface area contributed by atoms with Crippen LogP contribution >= 0.6 is 0 Å². The fourth-order valence-corrected chi connectivity index (χ4v) is 2.00. The zero-order valence-electron chi connectivity index (χ0n) is 12.4. The van der Waals surface area contributed by atoms with Crippen LogP contribution in [0.1, 0.15) is 30.4 Å². The number of Topliss-reactive ketones (excluding diaryl/α,β-unsaturated/α-hetero) is 1. The van der Waals surface area contributed by atoms with Crippen molar-refractivity contribution in [1.29, 1.82) is 0 Å². The van der Waals surface area contributed by atoms with Crippen LogP contribution in [0, 0.1) is 0 Å². The van der Waals surface area contributed by atoms with E-state index < -0.39 is 0 Å². The van der Waals surface area contributed by atoms with E-state index >= 15 is 0 Å². The maximum absolute atomic E-state index is 11.8. The summed E-state index contributed by atoms with van der Waals surface area (Å²) in [4.78, 5) is 31.4. The van der Waals surface area contributed by atoms with E-state index in [1.807, 2.05) is 24.3 Å². The minimum Gasteiger partial charge on any atom is -0.352 e. The Bertz CT molecular complexity index is 544. The molecule has 0 radical (unpaired) electrons. The summed E-state index contributed by atoms with van der Waals surface area (Å²) in [5.41, 5.74) is 2.08. The molecular weight excluding hydrogens is 278 g/mol. The quantitative estimate of drug-likeness (QED) is 0.809. The number of hydrogen-bond donors (Lipinski definition) is 1. The van der Waals surface area contributed by atoms with Gasteiger partial charge in [-0.15, -0.1) is 0 Å². The van der Waals surface area contributed by atoms with Gasteiger partial charge in [0.25, 0.3) is 0 Å². The zero-order chi connectivity index (χ0) is 15.6. The Morgan fingerprint density at radius 1 is 0.818 bits per heavy atom. The SMILES string of the molecule is O=C(CCC(=O)NCc1ccncc1)CCc1ccncc1. The van der Waals surface area contributed by atoms with Crippen LogP contribution in [0.25, 0.3) is 0 Å². The third kappa shape index (κ3) is 5.83. The molecule has 0 spiro atoms. The smallest absolute Gasteiger partial charge is 0.220 e. The number of aryl methyl sites for hydroxylation is 1. The normalized spacial score (nSPS) is 10.2. The van der Waals surface area contributed by atoms with Gasteiger partial charge in [-0.25, -0.2) is 0 Å². The van der Waals surface area contributed by atoms with Crippen LogP contribution in [0.4, 0.5) is 0 Å². The second-order valence-electron chi connectivity index (χ2n) is 5.03. The molecule has 22 heavy (non-hydrogen) atoms. The van der Waals surface area contributed by atoms with Crippen molar-refractivity contribution in [3.63, 3.8) is 0 Å². The van der Waals surface area contributed by atoms with Crippen molar-refractivity contribution in [3.05, 3.63) is 60.2 Å². The number of pyridine rings is 2. The van der Waals surface area contributed by atoms with Crippen molar-refractivity contribution in [1.82, 2.24) is 15.3 Å². The van der Waals surface area contributed by atoms with Gasteiger partial charge >= 0.3 is 0 Å². The topological polar surface area (TPSA) is 72.0 Å². The van der Waals surface area contributed by atoms with Gasteiger partial charge in [-0.1, -0.05) is 0 Å². The molecule has 0 fully saturated rings. The number of aromatic nitrogens is 2. The van der Waals surface area contributed by atoms with Crippen LogP contribution in [0.15, 0.2) is 49.1 Å². The minimum atomic E-state index is -0.103. The summed E-state index contributed by atoms with van der Waals surface area (Å²) in [6.45, 7) is 0.465. The molecule has 0 aliphatic heterocycles. The van der Waals surface area contributed by atoms with Crippen LogP contribution in [-0.4, -0.2) is 21.7 Å². The van der Waals surface area contributed by atoms with E-state index in [0.29, 0.717) is 19.4 Å². The molecular formula is C17H19N3O2. The van der Waals surface area contributed by atoms with Gasteiger partial charge in [-0.2, -0.15) is 0 Å². The summed E-state index contributed by atoms with van der Waals surface area (Å²) in [5.74, 6) is 0.00458. The highest BCUT2D eigenvalue weighted by atomic mass is 16.2. The van der Waals surface area contributed by atoms with E-state index in [2.05, 4.69) is 15.3 Å². The molecule has 5 heteroatoms. The van der Waals surface area contributed by atoms with E-state index in [4.69, 9.17) is 0 Å². The maximum atomic E-state index is 11.8. The van der Waals surface area contributed by atoms with Gasteiger partial charge in [0.1, 0.15) is 5.78 Å². The third-order valence-electron chi connectivity index (χ3n) is 3.31. The molecule has 2 aromatic heterocycles. The van der Waals surface area contributed by atoms with Crippen molar-refractivity contribution in [3.8, 4) is 0 Å². The van der Waals surface area contributed by atoms with E-state index in [1.165, 1.54) is 0 Å². The number of nitrogens with zero attached hydrogens (tertiary/aromatic N) is 2. The van der Waals surface area contributed by atoms with E-state index in [-0.39, 0.29) is 24.5 Å². The fraction of sp³-hybridized carbons (Fsp3) is 0.294. The Morgan fingerprint density at radius 3 is 2.05 bits per heavy atom. The second-order valence-corrected chi connectivity index (χ2v) is 5.03. The number of hydrogen-bond acceptors (Lipinski definition) is 4. The number of carbonyl (C=O) groups is 2. The number of amides is 1. The average molecular weight is 297 g/mol. The molecule has 114 valence electrons. The summed E-state index contributed by atoms with van der Waals surface area (Å²) >= 11 is 0. The van der Waals surface area contributed by atoms with Gasteiger partial charge in [0.2, 0.25) is 5.91 Å². The van der Waals surface area contributed by atoms with E-state index in [9.17, 15) is 9.59 Å². The Kier molecular flexibility index (Phi) is 6.23. The predicted octanol–water partition coefficient (Wildman–Crippen LogP) is 2.07. The Morgan fingerprint density at radius 2 is 1.41 bits per heavy atom. The average Bonchev–Trinajstić information content (AvgIpc) is 2.58. The lowest BCUT2D eigenvalue weighted by Gasteiger charge is -2.05. The van der Waals surface area contributed by atoms with Crippen molar-refractivity contribution < 1.29 is 9.59 Å². The summed E-state index contributed by atoms with van der Waals surface area (Å²) in [5, 5.41) is 2.80. The molecule has 0 aliphatic carbocycles. The first-order valence-corrected chi connectivity index (χ1v) is 7.30. The van der Waals surface area contributed by atoms with Crippen LogP contribution in [0.2, 0.25) is 0 Å². The molecule has 2 heterocycles. The summed E-state index contributed by atoms with van der Waals surface area (Å²) in [6.07, 6.45) is 8.47. The molecule has 0 atom stereocenters. The first kappa shape index (κ1) is 15.8. The van der Waals surface area contributed by atoms with Gasteiger partial charge in [-0.3, -0.25) is 19.6 Å². The fourth-order valence-electron chi connectivity index (χ4n) is 2.00. The van der Waals surface area contributed by atoms with Gasteiger partial charge in [0.05, 0.1) is 0 Å². The Balaban J connectivity index is 1.62. The van der Waals surface area contributed by atoms with Gasteiger partial charge in [-0.05, 0) is 41.8 Å². The molecule has 1 amide bonds. The largest absolute Gasteiger partial charge is 0.352 e. The van der Waals surface area contributed by atoms with Crippen LogP contribution in [0.3, 0.4) is 0 Å². The molecule has 0 saturated heterocycles. The van der Waals surface area contributed by atoms with Crippen LogP contribution in [0.5, 0.6) is 0 Å². The molecule has 0 saturated carbocycles. The number of rotatable bonds is 8. The van der Waals surface area contributed by atoms with E-state index in [0.717, 1.165) is 11.1 Å². The molecule has 0 bridgehead atoms. The number of nitrogens with one attached hydrogen (secondary N) is 1. The summed E-state index contributed by atoms with van der Waals surface area (Å²) in [7, 11) is 0. The first-order valence-electron chi connectivity index (χ1n) is 7.30. The summed E-state index contributed by atoms with van der Waals surface area (Å²) < 4.78 is 0. The molecule has 0 aliphatic rings. The molecule has 5 nitrogen and oxygen atoms in total. The van der Waals surface area contributed by atoms with Gasteiger partial charge in [0.15, 0.2) is 0 Å². The lowest BCUT2D eigenvalue weighted by molar-refractivity contribution is -0.125. The highest BCUT2D eigenvalue weighted by Gasteiger charge is 2.07. The monoisotopic (exact) mass is 297 g/mol. The maximum Gasteiger partial charge on any atom is 0.220 e.